The Labute approximate surface area is 101 Å². The SMILES string of the molecule is CC(C)(C)OC(=O)N1CC=CCC(C(=O)O)C1. The Morgan fingerprint density at radius 1 is 1.35 bits per heavy atom. The van der Waals surface area contributed by atoms with Gasteiger partial charge in [0.05, 0.1) is 5.92 Å². The molecule has 0 spiro atoms. The van der Waals surface area contributed by atoms with Gasteiger partial charge in [-0.1, -0.05) is 12.2 Å². The molecule has 1 aliphatic heterocycles. The highest BCUT2D eigenvalue weighted by atomic mass is 16.6. The summed E-state index contributed by atoms with van der Waals surface area (Å²) in [6.07, 6.45) is 3.58. The summed E-state index contributed by atoms with van der Waals surface area (Å²) in [6, 6.07) is 0. The minimum Gasteiger partial charge on any atom is -0.481 e. The van der Waals surface area contributed by atoms with Crippen molar-refractivity contribution in [3.05, 3.63) is 12.2 Å². The van der Waals surface area contributed by atoms with Crippen molar-refractivity contribution in [2.75, 3.05) is 13.1 Å². The summed E-state index contributed by atoms with van der Waals surface area (Å²) >= 11 is 0. The number of carboxylic acid groups (broad SMARTS) is 1. The predicted molar refractivity (Wildman–Crippen MR) is 62.7 cm³/mol. The maximum absolute atomic E-state index is 11.8. The molecule has 5 heteroatoms. The average molecular weight is 241 g/mol. The Hall–Kier alpha value is -1.52. The molecule has 96 valence electrons. The van der Waals surface area contributed by atoms with Gasteiger partial charge in [-0.15, -0.1) is 0 Å². The van der Waals surface area contributed by atoms with Crippen molar-refractivity contribution in [3.8, 4) is 0 Å². The molecule has 0 aromatic heterocycles. The van der Waals surface area contributed by atoms with Gasteiger partial charge in [-0.3, -0.25) is 4.79 Å². The highest BCUT2D eigenvalue weighted by Gasteiger charge is 2.27. The van der Waals surface area contributed by atoms with Crippen LogP contribution in [0.25, 0.3) is 0 Å². The molecule has 0 aliphatic carbocycles. The number of aliphatic carboxylic acids is 1. The van der Waals surface area contributed by atoms with Crippen LogP contribution in [-0.2, 0) is 9.53 Å². The molecule has 1 N–H and O–H groups in total. The lowest BCUT2D eigenvalue weighted by atomic mass is 10.1. The molecule has 1 heterocycles. The standard InChI is InChI=1S/C12H19NO4/c1-12(2,3)17-11(16)13-7-5-4-6-9(8-13)10(14)15/h4-5,9H,6-8H2,1-3H3,(H,14,15). The number of amides is 1. The second kappa shape index (κ2) is 5.21. The van der Waals surface area contributed by atoms with Gasteiger partial charge in [0, 0.05) is 13.1 Å². The lowest BCUT2D eigenvalue weighted by molar-refractivity contribution is -0.142. The van der Waals surface area contributed by atoms with Gasteiger partial charge in [-0.2, -0.15) is 0 Å². The minimum atomic E-state index is -0.884. The normalized spacial score (nSPS) is 20.9. The third-order valence-corrected chi connectivity index (χ3v) is 2.35. The number of allylic oxidation sites excluding steroid dienone is 1. The smallest absolute Gasteiger partial charge is 0.410 e. The summed E-state index contributed by atoms with van der Waals surface area (Å²) < 4.78 is 5.22. The number of hydrogen-bond donors (Lipinski definition) is 1. The Balaban J connectivity index is 2.66. The molecular weight excluding hydrogens is 222 g/mol. The van der Waals surface area contributed by atoms with Crippen LogP contribution in [0.5, 0.6) is 0 Å². The van der Waals surface area contributed by atoms with Crippen LogP contribution in [-0.4, -0.2) is 40.8 Å². The van der Waals surface area contributed by atoms with E-state index < -0.39 is 23.6 Å². The van der Waals surface area contributed by atoms with Crippen LogP contribution in [0.4, 0.5) is 4.79 Å². The number of carbonyl (C=O) groups excluding carboxylic acids is 1. The van der Waals surface area contributed by atoms with Crippen LogP contribution in [0.3, 0.4) is 0 Å². The molecule has 0 saturated heterocycles. The molecule has 17 heavy (non-hydrogen) atoms. The number of ether oxygens (including phenoxy) is 1. The van der Waals surface area contributed by atoms with Crippen LogP contribution in [0.1, 0.15) is 27.2 Å². The molecule has 0 aromatic rings. The number of nitrogens with zero attached hydrogens (tertiary/aromatic N) is 1. The maximum Gasteiger partial charge on any atom is 0.410 e. The fraction of sp³-hybridized carbons (Fsp3) is 0.667. The first-order valence-electron chi connectivity index (χ1n) is 5.65. The molecule has 0 radical (unpaired) electrons. The van der Waals surface area contributed by atoms with Crippen LogP contribution in [0.15, 0.2) is 12.2 Å². The van der Waals surface area contributed by atoms with E-state index in [1.54, 1.807) is 32.9 Å². The number of carbonyl (C=O) groups is 2. The molecule has 0 bridgehead atoms. The van der Waals surface area contributed by atoms with Crippen molar-refractivity contribution in [2.24, 2.45) is 5.92 Å². The van der Waals surface area contributed by atoms with Gasteiger partial charge in [-0.25, -0.2) is 4.79 Å². The predicted octanol–water partition coefficient (Wildman–Crippen LogP) is 1.88. The fourth-order valence-electron chi connectivity index (χ4n) is 1.53. The number of carboxylic acids is 1. The quantitative estimate of drug-likeness (QED) is 0.712. The average Bonchev–Trinajstić information content (AvgIpc) is 2.39. The monoisotopic (exact) mass is 241 g/mol. The van der Waals surface area contributed by atoms with Crippen molar-refractivity contribution in [1.29, 1.82) is 0 Å². The summed E-state index contributed by atoms with van der Waals surface area (Å²) in [7, 11) is 0. The first kappa shape index (κ1) is 13.5. The van der Waals surface area contributed by atoms with Crippen molar-refractivity contribution in [1.82, 2.24) is 4.90 Å². The topological polar surface area (TPSA) is 66.8 Å². The molecular formula is C12H19NO4. The van der Waals surface area contributed by atoms with E-state index in [-0.39, 0.29) is 6.54 Å². The van der Waals surface area contributed by atoms with E-state index in [1.807, 2.05) is 0 Å². The van der Waals surface area contributed by atoms with E-state index in [1.165, 1.54) is 4.90 Å². The van der Waals surface area contributed by atoms with Crippen molar-refractivity contribution in [3.63, 3.8) is 0 Å². The van der Waals surface area contributed by atoms with Crippen LogP contribution in [0.2, 0.25) is 0 Å². The molecule has 1 aliphatic rings. The van der Waals surface area contributed by atoms with Gasteiger partial charge in [0.1, 0.15) is 5.60 Å². The van der Waals surface area contributed by atoms with Gasteiger partial charge in [0.25, 0.3) is 0 Å². The first-order chi connectivity index (χ1) is 7.79. The Kier molecular flexibility index (Phi) is 4.15. The Morgan fingerprint density at radius 2 is 2.00 bits per heavy atom. The zero-order chi connectivity index (χ0) is 13.1. The van der Waals surface area contributed by atoms with Crippen molar-refractivity contribution >= 4 is 12.1 Å². The van der Waals surface area contributed by atoms with Crippen molar-refractivity contribution in [2.45, 2.75) is 32.8 Å². The van der Waals surface area contributed by atoms with Crippen molar-refractivity contribution < 1.29 is 19.4 Å². The molecule has 1 unspecified atom stereocenters. The number of rotatable bonds is 1. The van der Waals surface area contributed by atoms with E-state index in [2.05, 4.69) is 0 Å². The van der Waals surface area contributed by atoms with Gasteiger partial charge < -0.3 is 14.7 Å². The van der Waals surface area contributed by atoms with Gasteiger partial charge >= 0.3 is 12.1 Å². The minimum absolute atomic E-state index is 0.192. The third-order valence-electron chi connectivity index (χ3n) is 2.35. The van der Waals surface area contributed by atoms with Crippen LogP contribution >= 0.6 is 0 Å². The van der Waals surface area contributed by atoms with E-state index in [0.717, 1.165) is 0 Å². The summed E-state index contributed by atoms with van der Waals surface area (Å²) in [5.74, 6) is -1.44. The van der Waals surface area contributed by atoms with Crippen LogP contribution in [0, 0.1) is 5.92 Å². The van der Waals surface area contributed by atoms with E-state index >= 15 is 0 Å². The third kappa shape index (κ3) is 4.46. The van der Waals surface area contributed by atoms with E-state index in [9.17, 15) is 9.59 Å². The second-order valence-corrected chi connectivity index (χ2v) is 5.13. The van der Waals surface area contributed by atoms with Gasteiger partial charge in [-0.05, 0) is 27.2 Å². The fourth-order valence-corrected chi connectivity index (χ4v) is 1.53. The molecule has 1 rings (SSSR count). The molecule has 5 nitrogen and oxygen atoms in total. The number of hydrogen-bond acceptors (Lipinski definition) is 3. The molecule has 0 saturated carbocycles. The molecule has 0 aromatic carbocycles. The van der Waals surface area contributed by atoms with Gasteiger partial charge in [0.15, 0.2) is 0 Å². The molecule has 0 fully saturated rings. The van der Waals surface area contributed by atoms with Crippen LogP contribution < -0.4 is 0 Å². The largest absolute Gasteiger partial charge is 0.481 e. The zero-order valence-electron chi connectivity index (χ0n) is 10.5. The highest BCUT2D eigenvalue weighted by molar-refractivity contribution is 5.73. The summed E-state index contributed by atoms with van der Waals surface area (Å²) in [5.41, 5.74) is -0.564. The zero-order valence-corrected chi connectivity index (χ0v) is 10.5. The highest BCUT2D eigenvalue weighted by Crippen LogP contribution is 2.15. The maximum atomic E-state index is 11.8. The summed E-state index contributed by atoms with van der Waals surface area (Å²) in [5, 5.41) is 8.98. The van der Waals surface area contributed by atoms with E-state index in [0.29, 0.717) is 13.0 Å². The first-order valence-corrected chi connectivity index (χ1v) is 5.65. The lowest BCUT2D eigenvalue weighted by Crippen LogP contribution is -2.40. The molecule has 1 amide bonds. The second-order valence-electron chi connectivity index (χ2n) is 5.13. The van der Waals surface area contributed by atoms with Gasteiger partial charge in [0.2, 0.25) is 0 Å². The summed E-state index contributed by atoms with van der Waals surface area (Å²) in [4.78, 5) is 24.2. The van der Waals surface area contributed by atoms with E-state index in [4.69, 9.17) is 9.84 Å². The Bertz CT molecular complexity index is 330. The summed E-state index contributed by atoms with van der Waals surface area (Å²) in [6.45, 7) is 5.95. The lowest BCUT2D eigenvalue weighted by Gasteiger charge is -2.27. The Morgan fingerprint density at radius 3 is 2.53 bits per heavy atom. The molecule has 1 atom stereocenters.